The van der Waals surface area contributed by atoms with Gasteiger partial charge in [-0.1, -0.05) is 18.6 Å². The van der Waals surface area contributed by atoms with E-state index in [4.69, 9.17) is 22.7 Å². The lowest BCUT2D eigenvalue weighted by Crippen LogP contribution is -2.54. The molecule has 0 radical (unpaired) electrons. The summed E-state index contributed by atoms with van der Waals surface area (Å²) in [6.07, 6.45) is 3.39. The summed E-state index contributed by atoms with van der Waals surface area (Å²) in [4.78, 5) is 12.4. The van der Waals surface area contributed by atoms with Gasteiger partial charge in [0.2, 0.25) is 5.91 Å². The molecule has 4 nitrogen and oxygen atoms in total. The van der Waals surface area contributed by atoms with E-state index in [2.05, 4.69) is 5.32 Å². The van der Waals surface area contributed by atoms with Crippen molar-refractivity contribution in [2.75, 3.05) is 13.7 Å². The second-order valence-corrected chi connectivity index (χ2v) is 4.90. The highest BCUT2D eigenvalue weighted by Crippen LogP contribution is 2.41. The molecular formula is C11H20N2O2S. The number of carbonyl (C=O) groups excluding carboxylic acids is 1. The van der Waals surface area contributed by atoms with Gasteiger partial charge in [-0.2, -0.15) is 0 Å². The van der Waals surface area contributed by atoms with Crippen LogP contribution in [0.3, 0.4) is 0 Å². The number of rotatable bonds is 6. The first-order chi connectivity index (χ1) is 7.53. The number of hydrogen-bond donors (Lipinski definition) is 2. The van der Waals surface area contributed by atoms with Crippen LogP contribution in [0.2, 0.25) is 0 Å². The van der Waals surface area contributed by atoms with Gasteiger partial charge in [0.1, 0.15) is 0 Å². The minimum absolute atomic E-state index is 0.0187. The molecule has 0 aliphatic heterocycles. The molecule has 0 aromatic rings. The SMILES string of the molecule is COCCC(C)NC(=O)C1(C(N)=S)CCC1. The fourth-order valence-corrected chi connectivity index (χ4v) is 2.14. The fraction of sp³-hybridized carbons (Fsp3) is 0.818. The van der Waals surface area contributed by atoms with Crippen LogP contribution in [-0.4, -0.2) is 30.7 Å². The quantitative estimate of drug-likeness (QED) is 0.684. The van der Waals surface area contributed by atoms with E-state index in [1.165, 1.54) is 0 Å². The Morgan fingerprint density at radius 1 is 1.62 bits per heavy atom. The highest BCUT2D eigenvalue weighted by molar-refractivity contribution is 7.80. The van der Waals surface area contributed by atoms with Crippen molar-refractivity contribution in [2.24, 2.45) is 11.1 Å². The minimum Gasteiger partial charge on any atom is -0.392 e. The highest BCUT2D eigenvalue weighted by atomic mass is 32.1. The van der Waals surface area contributed by atoms with Crippen LogP contribution in [0.5, 0.6) is 0 Å². The van der Waals surface area contributed by atoms with E-state index in [1.54, 1.807) is 7.11 Å². The second-order valence-electron chi connectivity index (χ2n) is 4.46. The Hall–Kier alpha value is -0.680. The zero-order valence-electron chi connectivity index (χ0n) is 9.91. The van der Waals surface area contributed by atoms with Crippen molar-refractivity contribution in [3.8, 4) is 0 Å². The molecule has 1 aliphatic rings. The van der Waals surface area contributed by atoms with E-state index < -0.39 is 5.41 Å². The maximum absolute atomic E-state index is 12.0. The van der Waals surface area contributed by atoms with Crippen LogP contribution in [0.15, 0.2) is 0 Å². The third kappa shape index (κ3) is 2.71. The zero-order valence-corrected chi connectivity index (χ0v) is 10.7. The number of carbonyl (C=O) groups is 1. The van der Waals surface area contributed by atoms with Gasteiger partial charge in [-0.3, -0.25) is 4.79 Å². The molecule has 0 saturated heterocycles. The summed E-state index contributed by atoms with van der Waals surface area (Å²) in [7, 11) is 1.65. The van der Waals surface area contributed by atoms with Gasteiger partial charge >= 0.3 is 0 Å². The van der Waals surface area contributed by atoms with E-state index >= 15 is 0 Å². The van der Waals surface area contributed by atoms with E-state index in [9.17, 15) is 4.79 Å². The lowest BCUT2D eigenvalue weighted by molar-refractivity contribution is -0.131. The van der Waals surface area contributed by atoms with Gasteiger partial charge in [0, 0.05) is 19.8 Å². The number of thiocarbonyl (C=S) groups is 1. The molecule has 92 valence electrons. The predicted molar refractivity (Wildman–Crippen MR) is 67.2 cm³/mol. The highest BCUT2D eigenvalue weighted by Gasteiger charge is 2.47. The lowest BCUT2D eigenvalue weighted by Gasteiger charge is -2.39. The minimum atomic E-state index is -0.573. The van der Waals surface area contributed by atoms with E-state index in [1.807, 2.05) is 6.92 Å². The third-order valence-corrected chi connectivity index (χ3v) is 3.64. The Labute approximate surface area is 102 Å². The molecule has 1 fully saturated rings. The summed E-state index contributed by atoms with van der Waals surface area (Å²) < 4.78 is 4.97. The molecule has 1 unspecified atom stereocenters. The van der Waals surface area contributed by atoms with Crippen LogP contribution >= 0.6 is 12.2 Å². The van der Waals surface area contributed by atoms with Gasteiger partial charge < -0.3 is 15.8 Å². The number of hydrogen-bond acceptors (Lipinski definition) is 3. The van der Waals surface area contributed by atoms with Crippen LogP contribution in [0.4, 0.5) is 0 Å². The summed E-state index contributed by atoms with van der Waals surface area (Å²) in [6.45, 7) is 2.60. The summed E-state index contributed by atoms with van der Waals surface area (Å²) in [5, 5.41) is 2.95. The lowest BCUT2D eigenvalue weighted by atomic mass is 9.68. The third-order valence-electron chi connectivity index (χ3n) is 3.25. The maximum atomic E-state index is 12.0. The Balaban J connectivity index is 2.47. The Morgan fingerprint density at radius 2 is 2.25 bits per heavy atom. The van der Waals surface area contributed by atoms with Crippen molar-refractivity contribution in [1.29, 1.82) is 0 Å². The van der Waals surface area contributed by atoms with Gasteiger partial charge in [0.05, 0.1) is 10.4 Å². The van der Waals surface area contributed by atoms with Gasteiger partial charge in [-0.05, 0) is 26.2 Å². The maximum Gasteiger partial charge on any atom is 0.233 e. The second kappa shape index (κ2) is 5.59. The first-order valence-corrected chi connectivity index (χ1v) is 6.03. The molecule has 3 N–H and O–H groups in total. The van der Waals surface area contributed by atoms with Gasteiger partial charge in [0.25, 0.3) is 0 Å². The van der Waals surface area contributed by atoms with Crippen LogP contribution < -0.4 is 11.1 Å². The first kappa shape index (κ1) is 13.4. The number of amides is 1. The van der Waals surface area contributed by atoms with Crippen LogP contribution in [0.1, 0.15) is 32.6 Å². The topological polar surface area (TPSA) is 64.3 Å². The zero-order chi connectivity index (χ0) is 12.2. The number of ether oxygens (including phenoxy) is 1. The average Bonchev–Trinajstić information content (AvgIpc) is 2.11. The normalized spacial score (nSPS) is 19.6. The molecule has 0 aromatic carbocycles. The number of methoxy groups -OCH3 is 1. The Kier molecular flexibility index (Phi) is 4.68. The molecule has 16 heavy (non-hydrogen) atoms. The summed E-state index contributed by atoms with van der Waals surface area (Å²) in [6, 6.07) is 0.0966. The van der Waals surface area contributed by atoms with E-state index in [-0.39, 0.29) is 11.9 Å². The molecular weight excluding hydrogens is 224 g/mol. The Bertz CT molecular complexity index is 277. The van der Waals surface area contributed by atoms with Crippen LogP contribution in [0, 0.1) is 5.41 Å². The van der Waals surface area contributed by atoms with Crippen molar-refractivity contribution in [2.45, 2.75) is 38.6 Å². The molecule has 1 atom stereocenters. The first-order valence-electron chi connectivity index (χ1n) is 5.63. The smallest absolute Gasteiger partial charge is 0.233 e. The molecule has 5 heteroatoms. The Morgan fingerprint density at radius 3 is 2.62 bits per heavy atom. The number of nitrogens with one attached hydrogen (secondary N) is 1. The number of nitrogens with two attached hydrogens (primary N) is 1. The van der Waals surface area contributed by atoms with E-state index in [0.29, 0.717) is 11.6 Å². The molecule has 1 rings (SSSR count). The van der Waals surface area contributed by atoms with Gasteiger partial charge in [-0.25, -0.2) is 0 Å². The van der Waals surface area contributed by atoms with Gasteiger partial charge in [-0.15, -0.1) is 0 Å². The molecule has 1 aliphatic carbocycles. The summed E-state index contributed by atoms with van der Waals surface area (Å²) in [5.41, 5.74) is 5.08. The largest absolute Gasteiger partial charge is 0.392 e. The standard InChI is InChI=1S/C11H20N2O2S/c1-8(4-7-15-2)13-10(14)11(9(12)16)5-3-6-11/h8H,3-7H2,1-2H3,(H2,12,16)(H,13,14). The average molecular weight is 244 g/mol. The van der Waals surface area contributed by atoms with Crippen LogP contribution in [0.25, 0.3) is 0 Å². The van der Waals surface area contributed by atoms with Crippen molar-refractivity contribution < 1.29 is 9.53 Å². The van der Waals surface area contributed by atoms with Crippen molar-refractivity contribution in [3.63, 3.8) is 0 Å². The summed E-state index contributed by atoms with van der Waals surface area (Å²) >= 11 is 4.99. The molecule has 1 saturated carbocycles. The van der Waals surface area contributed by atoms with Crippen molar-refractivity contribution in [1.82, 2.24) is 5.32 Å². The van der Waals surface area contributed by atoms with Crippen LogP contribution in [-0.2, 0) is 9.53 Å². The van der Waals surface area contributed by atoms with Crippen molar-refractivity contribution >= 4 is 23.1 Å². The van der Waals surface area contributed by atoms with Crippen molar-refractivity contribution in [3.05, 3.63) is 0 Å². The molecule has 0 spiro atoms. The summed E-state index contributed by atoms with van der Waals surface area (Å²) in [5.74, 6) is -0.0187. The molecule has 0 heterocycles. The molecule has 0 aromatic heterocycles. The monoisotopic (exact) mass is 244 g/mol. The van der Waals surface area contributed by atoms with Gasteiger partial charge in [0.15, 0.2) is 0 Å². The predicted octanol–water partition coefficient (Wildman–Crippen LogP) is 0.984. The fourth-order valence-electron chi connectivity index (χ4n) is 1.84. The molecule has 1 amide bonds. The molecule has 0 bridgehead atoms. The van der Waals surface area contributed by atoms with E-state index in [0.717, 1.165) is 25.7 Å².